The molecule has 5 heteroatoms. The number of carbonyl (C=O) groups is 3. The van der Waals surface area contributed by atoms with Gasteiger partial charge in [0.1, 0.15) is 5.75 Å². The smallest absolute Gasteiger partial charge is 0.233 e. The van der Waals surface area contributed by atoms with Gasteiger partial charge in [0.15, 0.2) is 5.78 Å². The lowest BCUT2D eigenvalue weighted by Gasteiger charge is -2.15. The summed E-state index contributed by atoms with van der Waals surface area (Å²) in [4.78, 5) is 36.6. The van der Waals surface area contributed by atoms with Gasteiger partial charge in [-0.1, -0.05) is 0 Å². The number of benzene rings is 1. The summed E-state index contributed by atoms with van der Waals surface area (Å²) in [6.45, 7) is -0.156. The van der Waals surface area contributed by atoms with E-state index in [-0.39, 0.29) is 36.0 Å². The van der Waals surface area contributed by atoms with Crippen molar-refractivity contribution < 1.29 is 19.1 Å². The van der Waals surface area contributed by atoms with Crippen LogP contribution in [0.4, 0.5) is 0 Å². The lowest BCUT2D eigenvalue weighted by Crippen LogP contribution is -2.37. The predicted octanol–water partition coefficient (Wildman–Crippen LogP) is 0.883. The van der Waals surface area contributed by atoms with Gasteiger partial charge < -0.3 is 4.74 Å². The number of imide groups is 1. The van der Waals surface area contributed by atoms with Crippen LogP contribution in [-0.2, 0) is 9.59 Å². The summed E-state index contributed by atoms with van der Waals surface area (Å²) in [7, 11) is 1.55. The summed E-state index contributed by atoms with van der Waals surface area (Å²) >= 11 is 0. The van der Waals surface area contributed by atoms with Crippen LogP contribution < -0.4 is 4.74 Å². The maximum absolute atomic E-state index is 12.0. The summed E-state index contributed by atoms with van der Waals surface area (Å²) in [6, 6.07) is 6.62. The summed E-state index contributed by atoms with van der Waals surface area (Å²) in [5.74, 6) is -0.280. The maximum Gasteiger partial charge on any atom is 0.233 e. The number of fused-ring (bicyclic) bond motifs is 1. The highest BCUT2D eigenvalue weighted by Gasteiger charge is 2.58. The molecule has 2 amide bonds. The quantitative estimate of drug-likeness (QED) is 0.595. The van der Waals surface area contributed by atoms with Gasteiger partial charge in [0.05, 0.1) is 25.5 Å². The standard InChI is InChI=1S/C14H13NO4/c1-19-9-4-2-8(3-5-9)12(16)7-15-13(17)10-6-11(10)14(15)18/h2-5,10-11H,6-7H2,1H3. The van der Waals surface area contributed by atoms with E-state index in [4.69, 9.17) is 4.74 Å². The SMILES string of the molecule is COc1ccc(C(=O)CN2C(=O)C3CC3C2=O)cc1. The van der Waals surface area contributed by atoms with Crippen molar-refractivity contribution >= 4 is 17.6 Å². The Morgan fingerprint density at radius 3 is 2.32 bits per heavy atom. The number of piperidine rings is 1. The number of nitrogens with zero attached hydrogens (tertiary/aromatic N) is 1. The molecule has 1 aromatic carbocycles. The van der Waals surface area contributed by atoms with E-state index in [1.54, 1.807) is 31.4 Å². The van der Waals surface area contributed by atoms with Crippen LogP contribution >= 0.6 is 0 Å². The van der Waals surface area contributed by atoms with E-state index < -0.39 is 0 Å². The zero-order chi connectivity index (χ0) is 13.6. The Morgan fingerprint density at radius 1 is 1.21 bits per heavy atom. The van der Waals surface area contributed by atoms with E-state index in [0.29, 0.717) is 17.7 Å². The Bertz CT molecular complexity index is 543. The molecular weight excluding hydrogens is 246 g/mol. The van der Waals surface area contributed by atoms with Crippen molar-refractivity contribution in [3.8, 4) is 5.75 Å². The topological polar surface area (TPSA) is 63.7 Å². The maximum atomic E-state index is 12.0. The van der Waals surface area contributed by atoms with Crippen molar-refractivity contribution in [2.75, 3.05) is 13.7 Å². The molecule has 1 aliphatic carbocycles. The third-order valence-electron chi connectivity index (χ3n) is 3.67. The predicted molar refractivity (Wildman–Crippen MR) is 65.6 cm³/mol. The first kappa shape index (κ1) is 11.9. The van der Waals surface area contributed by atoms with Gasteiger partial charge in [-0.2, -0.15) is 0 Å². The molecule has 5 nitrogen and oxygen atoms in total. The van der Waals surface area contributed by atoms with Gasteiger partial charge in [-0.15, -0.1) is 0 Å². The number of likely N-dealkylation sites (tertiary alicyclic amines) is 1. The minimum atomic E-state index is -0.231. The number of amides is 2. The van der Waals surface area contributed by atoms with Gasteiger partial charge in [-0.3, -0.25) is 19.3 Å². The fourth-order valence-corrected chi connectivity index (χ4v) is 2.42. The molecule has 1 heterocycles. The summed E-state index contributed by atoms with van der Waals surface area (Å²) in [6.07, 6.45) is 0.658. The molecule has 2 atom stereocenters. The molecule has 0 aromatic heterocycles. The molecular formula is C14H13NO4. The number of ether oxygens (including phenoxy) is 1. The second-order valence-corrected chi connectivity index (χ2v) is 4.86. The van der Waals surface area contributed by atoms with Crippen molar-refractivity contribution in [1.29, 1.82) is 0 Å². The third-order valence-corrected chi connectivity index (χ3v) is 3.67. The van der Waals surface area contributed by atoms with E-state index in [0.717, 1.165) is 4.90 Å². The number of hydrogen-bond acceptors (Lipinski definition) is 4. The average Bonchev–Trinajstić information content (AvgIpc) is 3.19. The second kappa shape index (κ2) is 4.19. The monoisotopic (exact) mass is 259 g/mol. The first-order chi connectivity index (χ1) is 9.11. The second-order valence-electron chi connectivity index (χ2n) is 4.86. The fourth-order valence-electron chi connectivity index (χ4n) is 2.42. The van der Waals surface area contributed by atoms with Crippen molar-refractivity contribution in [3.63, 3.8) is 0 Å². The molecule has 98 valence electrons. The van der Waals surface area contributed by atoms with Gasteiger partial charge in [0.25, 0.3) is 0 Å². The summed E-state index contributed by atoms with van der Waals surface area (Å²) < 4.78 is 5.01. The van der Waals surface area contributed by atoms with Crippen LogP contribution in [0.2, 0.25) is 0 Å². The van der Waals surface area contributed by atoms with Crippen molar-refractivity contribution in [2.24, 2.45) is 11.8 Å². The number of hydrogen-bond donors (Lipinski definition) is 0. The third kappa shape index (κ3) is 1.91. The number of ketones is 1. The van der Waals surface area contributed by atoms with E-state index in [9.17, 15) is 14.4 Å². The molecule has 2 unspecified atom stereocenters. The molecule has 0 N–H and O–H groups in total. The first-order valence-corrected chi connectivity index (χ1v) is 6.14. The Morgan fingerprint density at radius 2 is 1.79 bits per heavy atom. The van der Waals surface area contributed by atoms with Gasteiger partial charge in [-0.05, 0) is 30.7 Å². The fraction of sp³-hybridized carbons (Fsp3) is 0.357. The number of rotatable bonds is 4. The minimum Gasteiger partial charge on any atom is -0.497 e. The van der Waals surface area contributed by atoms with Gasteiger partial charge in [0.2, 0.25) is 11.8 Å². The highest BCUT2D eigenvalue weighted by Crippen LogP contribution is 2.46. The van der Waals surface area contributed by atoms with Crippen LogP contribution in [0, 0.1) is 11.8 Å². The molecule has 1 saturated heterocycles. The van der Waals surface area contributed by atoms with Crippen LogP contribution in [0.3, 0.4) is 0 Å². The van der Waals surface area contributed by atoms with Crippen LogP contribution in [-0.4, -0.2) is 36.2 Å². The molecule has 0 bridgehead atoms. The number of carbonyl (C=O) groups excluding carboxylic acids is 3. The van der Waals surface area contributed by atoms with Crippen LogP contribution in [0.25, 0.3) is 0 Å². The van der Waals surface area contributed by atoms with E-state index in [2.05, 4.69) is 0 Å². The minimum absolute atomic E-state index is 0.156. The highest BCUT2D eigenvalue weighted by atomic mass is 16.5. The van der Waals surface area contributed by atoms with Gasteiger partial charge in [0, 0.05) is 5.56 Å². The molecule has 0 radical (unpaired) electrons. The van der Waals surface area contributed by atoms with Gasteiger partial charge in [-0.25, -0.2) is 0 Å². The Balaban J connectivity index is 1.71. The molecule has 3 rings (SSSR count). The number of methoxy groups -OCH3 is 1. The Hall–Kier alpha value is -2.17. The normalized spacial score (nSPS) is 24.4. The largest absolute Gasteiger partial charge is 0.497 e. The van der Waals surface area contributed by atoms with Crippen molar-refractivity contribution in [1.82, 2.24) is 4.90 Å². The molecule has 1 saturated carbocycles. The highest BCUT2D eigenvalue weighted by molar-refractivity contribution is 6.12. The van der Waals surface area contributed by atoms with Crippen molar-refractivity contribution in [2.45, 2.75) is 6.42 Å². The molecule has 1 aliphatic heterocycles. The first-order valence-electron chi connectivity index (χ1n) is 6.14. The Kier molecular flexibility index (Phi) is 2.62. The van der Waals surface area contributed by atoms with E-state index >= 15 is 0 Å². The van der Waals surface area contributed by atoms with Crippen LogP contribution in [0.1, 0.15) is 16.8 Å². The van der Waals surface area contributed by atoms with Crippen LogP contribution in [0.15, 0.2) is 24.3 Å². The zero-order valence-electron chi connectivity index (χ0n) is 10.5. The lowest BCUT2D eigenvalue weighted by molar-refractivity contribution is -0.140. The van der Waals surface area contributed by atoms with E-state index in [1.165, 1.54) is 0 Å². The van der Waals surface area contributed by atoms with Crippen molar-refractivity contribution in [3.05, 3.63) is 29.8 Å². The molecule has 19 heavy (non-hydrogen) atoms. The van der Waals surface area contributed by atoms with E-state index in [1.807, 2.05) is 0 Å². The molecule has 2 aliphatic rings. The average molecular weight is 259 g/mol. The Labute approximate surface area is 110 Å². The van der Waals surface area contributed by atoms with Crippen LogP contribution in [0.5, 0.6) is 5.75 Å². The number of Topliss-reactive ketones (excluding diaryl/α,β-unsaturated/α-hetero) is 1. The molecule has 2 fully saturated rings. The summed E-state index contributed by atoms with van der Waals surface area (Å²) in [5.41, 5.74) is 0.474. The molecule has 0 spiro atoms. The van der Waals surface area contributed by atoms with Gasteiger partial charge >= 0.3 is 0 Å². The summed E-state index contributed by atoms with van der Waals surface area (Å²) in [5, 5.41) is 0. The lowest BCUT2D eigenvalue weighted by atomic mass is 10.1. The molecule has 1 aromatic rings. The zero-order valence-corrected chi connectivity index (χ0v) is 10.5.